The number of nitrogens with two attached hydrogens (primary N) is 1. The van der Waals surface area contributed by atoms with E-state index in [1.54, 1.807) is 0 Å². The Bertz CT molecular complexity index is 1220. The van der Waals surface area contributed by atoms with Crippen LogP contribution >= 0.6 is 0 Å². The number of hydrogen-bond donors (Lipinski definition) is 5. The number of fused-ring (bicyclic) bond motifs is 2. The van der Waals surface area contributed by atoms with Gasteiger partial charge in [0.25, 0.3) is 0 Å². The van der Waals surface area contributed by atoms with Gasteiger partial charge in [-0.2, -0.15) is 0 Å². The number of nitrogens with one attached hydrogen (secondary N) is 2. The first kappa shape index (κ1) is 23.5. The molecule has 178 valence electrons. The van der Waals surface area contributed by atoms with Crippen LogP contribution in [0.1, 0.15) is 23.6 Å². The monoisotopic (exact) mass is 464 g/mol. The van der Waals surface area contributed by atoms with E-state index in [-0.39, 0.29) is 19.4 Å². The number of carboxylic acids is 1. The highest BCUT2D eigenvalue weighted by molar-refractivity contribution is 5.93. The van der Waals surface area contributed by atoms with Gasteiger partial charge in [0.05, 0.1) is 12.1 Å². The molecular formula is C25H28N4O5. The van der Waals surface area contributed by atoms with Gasteiger partial charge in [-0.25, -0.2) is 4.79 Å². The lowest BCUT2D eigenvalue weighted by molar-refractivity contribution is -0.148. The number of aromatic amines is 1. The zero-order valence-corrected chi connectivity index (χ0v) is 18.8. The summed E-state index contributed by atoms with van der Waals surface area (Å²) in [7, 11) is 0. The number of carbonyl (C=O) groups is 3. The van der Waals surface area contributed by atoms with Crippen molar-refractivity contribution in [1.82, 2.24) is 15.2 Å². The summed E-state index contributed by atoms with van der Waals surface area (Å²) in [5.74, 6) is -2.40. The lowest BCUT2D eigenvalue weighted by atomic mass is 9.92. The maximum Gasteiger partial charge on any atom is 0.328 e. The molecule has 0 aliphatic carbocycles. The standard InChI is InChI=1S/C25H28N4O5/c1-14(30)22(25(33)34)28-23(31)21-11-15-6-2-3-7-16(15)13-29(21)24(32)19(26)10-17-12-27-20-9-5-4-8-18(17)20/h2-9,12,14,19,21-22,27,30H,10-11,13,26H2,1H3,(H,28,31)(H,33,34)/t14-,19-,21-,22-/m0/s1. The molecule has 9 nitrogen and oxygen atoms in total. The quantitative estimate of drug-likeness (QED) is 0.351. The number of carbonyl (C=O) groups excluding carboxylic acids is 2. The van der Waals surface area contributed by atoms with Gasteiger partial charge in [0, 0.05) is 30.1 Å². The topological polar surface area (TPSA) is 149 Å². The number of aliphatic hydroxyl groups is 1. The minimum atomic E-state index is -1.48. The van der Waals surface area contributed by atoms with Crippen LogP contribution in [0.15, 0.2) is 54.7 Å². The zero-order valence-electron chi connectivity index (χ0n) is 18.8. The van der Waals surface area contributed by atoms with Crippen LogP contribution in [0.4, 0.5) is 0 Å². The van der Waals surface area contributed by atoms with Gasteiger partial charge >= 0.3 is 5.97 Å². The van der Waals surface area contributed by atoms with E-state index in [1.807, 2.05) is 54.7 Å². The lowest BCUT2D eigenvalue weighted by Crippen LogP contribution is -2.59. The second-order valence-electron chi connectivity index (χ2n) is 8.69. The molecule has 0 unspecified atom stereocenters. The Morgan fingerprint density at radius 3 is 2.53 bits per heavy atom. The summed E-state index contributed by atoms with van der Waals surface area (Å²) in [5.41, 5.74) is 9.99. The third-order valence-electron chi connectivity index (χ3n) is 6.31. The number of nitrogens with zero attached hydrogens (tertiary/aromatic N) is 1. The van der Waals surface area contributed by atoms with E-state index in [2.05, 4.69) is 10.3 Å². The molecule has 1 aliphatic rings. The highest BCUT2D eigenvalue weighted by atomic mass is 16.4. The van der Waals surface area contributed by atoms with Crippen LogP contribution in [0.3, 0.4) is 0 Å². The molecule has 2 aromatic carbocycles. The minimum absolute atomic E-state index is 0.182. The summed E-state index contributed by atoms with van der Waals surface area (Å²) in [6, 6.07) is 11.9. The fraction of sp³-hybridized carbons (Fsp3) is 0.320. The number of aromatic nitrogens is 1. The molecule has 0 bridgehead atoms. The van der Waals surface area contributed by atoms with Gasteiger partial charge in [-0.05, 0) is 36.1 Å². The number of carboxylic acid groups (broad SMARTS) is 1. The summed E-state index contributed by atoms with van der Waals surface area (Å²) in [4.78, 5) is 42.7. The van der Waals surface area contributed by atoms with Gasteiger partial charge in [-0.3, -0.25) is 9.59 Å². The summed E-state index contributed by atoms with van der Waals surface area (Å²) >= 11 is 0. The molecule has 4 rings (SSSR count). The second-order valence-corrected chi connectivity index (χ2v) is 8.69. The number of hydrogen-bond acceptors (Lipinski definition) is 5. The van der Waals surface area contributed by atoms with Gasteiger partial charge in [-0.1, -0.05) is 42.5 Å². The SMILES string of the molecule is C[C@H](O)[C@H](NC(=O)[C@@H]1Cc2ccccc2CN1C(=O)[C@@H](N)Cc1c[nH]c2ccccc12)C(=O)O. The first-order chi connectivity index (χ1) is 16.3. The van der Waals surface area contributed by atoms with E-state index in [0.717, 1.165) is 27.6 Å². The van der Waals surface area contributed by atoms with E-state index in [0.29, 0.717) is 0 Å². The van der Waals surface area contributed by atoms with E-state index in [1.165, 1.54) is 11.8 Å². The molecule has 9 heteroatoms. The molecule has 0 saturated carbocycles. The van der Waals surface area contributed by atoms with E-state index < -0.39 is 42.0 Å². The Kier molecular flexibility index (Phi) is 6.67. The summed E-state index contributed by atoms with van der Waals surface area (Å²) in [6.07, 6.45) is 1.03. The Labute approximate surface area is 196 Å². The molecule has 1 aliphatic heterocycles. The molecule has 1 aromatic heterocycles. The maximum absolute atomic E-state index is 13.5. The van der Waals surface area contributed by atoms with Crippen molar-refractivity contribution >= 4 is 28.7 Å². The van der Waals surface area contributed by atoms with Crippen molar-refractivity contribution in [2.75, 3.05) is 0 Å². The van der Waals surface area contributed by atoms with Gasteiger partial charge in [0.1, 0.15) is 6.04 Å². The second kappa shape index (κ2) is 9.66. The normalized spacial score (nSPS) is 18.1. The molecule has 34 heavy (non-hydrogen) atoms. The first-order valence-electron chi connectivity index (χ1n) is 11.2. The number of rotatable bonds is 7. The van der Waals surface area contributed by atoms with Crippen molar-refractivity contribution in [3.63, 3.8) is 0 Å². The molecule has 6 N–H and O–H groups in total. The third-order valence-corrected chi connectivity index (χ3v) is 6.31. The van der Waals surface area contributed by atoms with Crippen molar-refractivity contribution in [3.05, 3.63) is 71.4 Å². The lowest BCUT2D eigenvalue weighted by Gasteiger charge is -2.38. The van der Waals surface area contributed by atoms with Gasteiger partial charge in [0.2, 0.25) is 11.8 Å². The number of H-pyrrole nitrogens is 1. The summed E-state index contributed by atoms with van der Waals surface area (Å²) < 4.78 is 0. The van der Waals surface area contributed by atoms with Crippen LogP contribution in [-0.2, 0) is 33.8 Å². The fourth-order valence-electron chi connectivity index (χ4n) is 4.46. The minimum Gasteiger partial charge on any atom is -0.480 e. The predicted molar refractivity (Wildman–Crippen MR) is 126 cm³/mol. The maximum atomic E-state index is 13.5. The Hall–Kier alpha value is -3.69. The van der Waals surface area contributed by atoms with Crippen LogP contribution < -0.4 is 11.1 Å². The predicted octanol–water partition coefficient (Wildman–Crippen LogP) is 0.941. The smallest absolute Gasteiger partial charge is 0.328 e. The molecule has 0 fully saturated rings. The molecule has 2 amide bonds. The Balaban J connectivity index is 1.59. The highest BCUT2D eigenvalue weighted by Crippen LogP contribution is 2.25. The van der Waals surface area contributed by atoms with Crippen LogP contribution in [0.25, 0.3) is 10.9 Å². The average Bonchev–Trinajstić information content (AvgIpc) is 3.23. The van der Waals surface area contributed by atoms with Crippen molar-refractivity contribution in [2.24, 2.45) is 5.73 Å². The molecule has 4 atom stereocenters. The van der Waals surface area contributed by atoms with E-state index >= 15 is 0 Å². The summed E-state index contributed by atoms with van der Waals surface area (Å²) in [6.45, 7) is 1.47. The Morgan fingerprint density at radius 1 is 1.15 bits per heavy atom. The first-order valence-corrected chi connectivity index (χ1v) is 11.2. The van der Waals surface area contributed by atoms with Crippen LogP contribution in [0, 0.1) is 0 Å². The van der Waals surface area contributed by atoms with Crippen LogP contribution in [0.5, 0.6) is 0 Å². The molecule has 0 spiro atoms. The molecule has 0 saturated heterocycles. The van der Waals surface area contributed by atoms with Crippen LogP contribution in [-0.4, -0.2) is 62.1 Å². The van der Waals surface area contributed by atoms with Gasteiger partial charge < -0.3 is 31.1 Å². The van der Waals surface area contributed by atoms with Crippen LogP contribution in [0.2, 0.25) is 0 Å². The molecule has 2 heterocycles. The van der Waals surface area contributed by atoms with Gasteiger partial charge in [-0.15, -0.1) is 0 Å². The van der Waals surface area contributed by atoms with Crippen molar-refractivity contribution < 1.29 is 24.6 Å². The van der Waals surface area contributed by atoms with Crippen molar-refractivity contribution in [3.8, 4) is 0 Å². The number of aliphatic hydroxyl groups excluding tert-OH is 1. The number of benzene rings is 2. The molecule has 0 radical (unpaired) electrons. The van der Waals surface area contributed by atoms with Crippen molar-refractivity contribution in [2.45, 2.75) is 50.5 Å². The summed E-state index contributed by atoms with van der Waals surface area (Å²) in [5, 5.41) is 22.5. The highest BCUT2D eigenvalue weighted by Gasteiger charge is 2.38. The van der Waals surface area contributed by atoms with E-state index in [4.69, 9.17) is 5.73 Å². The molecule has 3 aromatic rings. The van der Waals surface area contributed by atoms with Crippen molar-refractivity contribution in [1.29, 1.82) is 0 Å². The molecular weight excluding hydrogens is 436 g/mol. The number of aliphatic carboxylic acids is 1. The fourth-order valence-corrected chi connectivity index (χ4v) is 4.46. The number of amides is 2. The number of para-hydroxylation sites is 1. The largest absolute Gasteiger partial charge is 0.480 e. The average molecular weight is 465 g/mol. The van der Waals surface area contributed by atoms with Gasteiger partial charge in [0.15, 0.2) is 6.04 Å². The van der Waals surface area contributed by atoms with E-state index in [9.17, 15) is 24.6 Å². The zero-order chi connectivity index (χ0) is 24.4. The third kappa shape index (κ3) is 4.66. The Morgan fingerprint density at radius 2 is 1.82 bits per heavy atom.